The van der Waals surface area contributed by atoms with Crippen molar-refractivity contribution < 1.29 is 22.8 Å². The molecule has 234 valence electrons. The van der Waals surface area contributed by atoms with Crippen LogP contribution < -0.4 is 5.32 Å². The van der Waals surface area contributed by atoms with E-state index in [0.717, 1.165) is 19.3 Å². The third-order valence-corrected chi connectivity index (χ3v) is 10.4. The maximum Gasteiger partial charge on any atom is 0.500 e. The lowest BCUT2D eigenvalue weighted by molar-refractivity contribution is 0.0706. The highest BCUT2D eigenvalue weighted by Crippen LogP contribution is 2.18. The average Bonchev–Trinajstić information content (AvgIpc) is 2.92. The molecule has 6 nitrogen and oxygen atoms in total. The van der Waals surface area contributed by atoms with Crippen molar-refractivity contribution in [3.63, 3.8) is 0 Å². The Hall–Kier alpha value is -0.633. The number of unbranched alkanes of at least 4 members (excludes halogenated alkanes) is 19. The number of hydrogen-bond acceptors (Lipinski definition) is 5. The molecule has 0 atom stereocenters. The van der Waals surface area contributed by atoms with Crippen LogP contribution in [0.2, 0.25) is 6.04 Å². The summed E-state index contributed by atoms with van der Waals surface area (Å²) in [5, 5.41) is 2.84. The zero-order valence-electron chi connectivity index (χ0n) is 26.6. The van der Waals surface area contributed by atoms with Crippen LogP contribution in [0.3, 0.4) is 0 Å². The van der Waals surface area contributed by atoms with E-state index in [0.29, 0.717) is 39.0 Å². The Balaban J connectivity index is 3.41. The fraction of sp³-hybridized carbons (Fsp3) is 0.969. The molecule has 0 aromatic rings. The standard InChI is InChI=1S/C32H67NO5Si/c1-5-9-10-11-12-13-14-15-16-17-18-19-20-21-22-23-24-25-26-27-30-35-32(34)33-29-28-31-39(36-6-2,37-7-3)38-8-4/h5-31H2,1-4H3,(H,33,34). The zero-order valence-corrected chi connectivity index (χ0v) is 27.6. The van der Waals surface area contributed by atoms with Crippen molar-refractivity contribution in [3.05, 3.63) is 0 Å². The SMILES string of the molecule is CCCCCCCCCCCCCCCCCCCCCCOC(=O)NCCC[Si](OCC)(OCC)OCC. The number of alkyl carbamates (subject to hydrolysis) is 1. The summed E-state index contributed by atoms with van der Waals surface area (Å²) in [6.45, 7) is 10.9. The van der Waals surface area contributed by atoms with Crippen molar-refractivity contribution in [2.24, 2.45) is 0 Å². The number of carbonyl (C=O) groups excluding carboxylic acids is 1. The maximum atomic E-state index is 11.9. The van der Waals surface area contributed by atoms with E-state index in [4.69, 9.17) is 18.0 Å². The fourth-order valence-corrected chi connectivity index (χ4v) is 7.68. The lowest BCUT2D eigenvalue weighted by Crippen LogP contribution is -2.46. The van der Waals surface area contributed by atoms with E-state index < -0.39 is 8.80 Å². The third kappa shape index (κ3) is 26.0. The second-order valence-electron chi connectivity index (χ2n) is 10.9. The number of hydrogen-bond donors (Lipinski definition) is 1. The predicted molar refractivity (Wildman–Crippen MR) is 167 cm³/mol. The topological polar surface area (TPSA) is 66.0 Å². The monoisotopic (exact) mass is 573 g/mol. The summed E-state index contributed by atoms with van der Waals surface area (Å²) in [7, 11) is -2.63. The van der Waals surface area contributed by atoms with Gasteiger partial charge in [0.05, 0.1) is 6.61 Å². The summed E-state index contributed by atoms with van der Waals surface area (Å²) in [4.78, 5) is 11.9. The Morgan fingerprint density at radius 2 is 0.872 bits per heavy atom. The van der Waals surface area contributed by atoms with Crippen LogP contribution in [0.5, 0.6) is 0 Å². The molecule has 0 heterocycles. The molecule has 1 N–H and O–H groups in total. The van der Waals surface area contributed by atoms with Crippen molar-refractivity contribution in [3.8, 4) is 0 Å². The van der Waals surface area contributed by atoms with Gasteiger partial charge in [0, 0.05) is 32.4 Å². The highest BCUT2D eigenvalue weighted by Gasteiger charge is 2.39. The van der Waals surface area contributed by atoms with Crippen molar-refractivity contribution in [2.45, 2.75) is 169 Å². The zero-order chi connectivity index (χ0) is 28.7. The van der Waals surface area contributed by atoms with Gasteiger partial charge in [-0.15, -0.1) is 0 Å². The van der Waals surface area contributed by atoms with E-state index in [1.165, 1.54) is 116 Å². The summed E-state index contributed by atoms with van der Waals surface area (Å²) >= 11 is 0. The molecule has 0 aliphatic carbocycles. The van der Waals surface area contributed by atoms with Crippen LogP contribution >= 0.6 is 0 Å². The Morgan fingerprint density at radius 1 is 0.513 bits per heavy atom. The van der Waals surface area contributed by atoms with Crippen molar-refractivity contribution in [1.82, 2.24) is 5.32 Å². The van der Waals surface area contributed by atoms with Gasteiger partial charge in [-0.1, -0.05) is 129 Å². The molecule has 39 heavy (non-hydrogen) atoms. The third-order valence-electron chi connectivity index (χ3n) is 7.25. The first-order chi connectivity index (χ1) is 19.1. The van der Waals surface area contributed by atoms with Crippen molar-refractivity contribution >= 4 is 14.9 Å². The molecule has 0 rings (SSSR count). The molecule has 7 heteroatoms. The van der Waals surface area contributed by atoms with Crippen molar-refractivity contribution in [1.29, 1.82) is 0 Å². The van der Waals surface area contributed by atoms with Crippen LogP contribution in [0.15, 0.2) is 0 Å². The largest absolute Gasteiger partial charge is 0.500 e. The van der Waals surface area contributed by atoms with E-state index in [9.17, 15) is 4.79 Å². The van der Waals surface area contributed by atoms with Gasteiger partial charge in [0.1, 0.15) is 0 Å². The maximum absolute atomic E-state index is 11.9. The molecule has 0 fully saturated rings. The summed E-state index contributed by atoms with van der Waals surface area (Å²) in [5.74, 6) is 0. The van der Waals surface area contributed by atoms with Crippen molar-refractivity contribution in [2.75, 3.05) is 33.0 Å². The molecule has 0 aromatic heterocycles. The summed E-state index contributed by atoms with van der Waals surface area (Å²) in [6, 6.07) is 0.697. The molecule has 0 aliphatic heterocycles. The Morgan fingerprint density at radius 3 is 1.23 bits per heavy atom. The van der Waals surface area contributed by atoms with Crippen LogP contribution in [-0.2, 0) is 18.0 Å². The Kier molecular flexibility index (Phi) is 29.8. The summed E-state index contributed by atoms with van der Waals surface area (Å²) < 4.78 is 22.9. The van der Waals surface area contributed by atoms with Gasteiger partial charge >= 0.3 is 14.9 Å². The Bertz CT molecular complexity index is 492. The van der Waals surface area contributed by atoms with E-state index >= 15 is 0 Å². The highest BCUT2D eigenvalue weighted by molar-refractivity contribution is 6.60. The minimum atomic E-state index is -2.63. The second kappa shape index (κ2) is 30.3. The van der Waals surface area contributed by atoms with Gasteiger partial charge in [-0.2, -0.15) is 0 Å². The first-order valence-corrected chi connectivity index (χ1v) is 18.9. The number of ether oxygens (including phenoxy) is 1. The van der Waals surface area contributed by atoms with Crippen LogP contribution in [0.25, 0.3) is 0 Å². The first kappa shape index (κ1) is 38.4. The first-order valence-electron chi connectivity index (χ1n) is 17.0. The molecular weight excluding hydrogens is 506 g/mol. The highest BCUT2D eigenvalue weighted by atomic mass is 28.4. The lowest BCUT2D eigenvalue weighted by atomic mass is 10.0. The Labute approximate surface area is 244 Å². The van der Waals surface area contributed by atoms with Gasteiger partial charge < -0.3 is 23.3 Å². The van der Waals surface area contributed by atoms with Gasteiger partial charge in [-0.05, 0) is 33.6 Å². The summed E-state index contributed by atoms with van der Waals surface area (Å²) in [6.07, 6.45) is 27.8. The minimum Gasteiger partial charge on any atom is -0.450 e. The molecule has 0 saturated carbocycles. The van der Waals surface area contributed by atoms with Crippen LogP contribution in [-0.4, -0.2) is 47.9 Å². The minimum absolute atomic E-state index is 0.329. The molecule has 0 saturated heterocycles. The fourth-order valence-electron chi connectivity index (χ4n) is 5.07. The predicted octanol–water partition coefficient (Wildman–Crippen LogP) is 9.97. The van der Waals surface area contributed by atoms with Gasteiger partial charge in [0.2, 0.25) is 0 Å². The molecule has 0 aliphatic rings. The van der Waals surface area contributed by atoms with Crippen LogP contribution in [0.1, 0.15) is 163 Å². The second-order valence-corrected chi connectivity index (χ2v) is 13.6. The molecular formula is C32H67NO5Si. The molecule has 1 amide bonds. The number of carbonyl (C=O) groups is 1. The quantitative estimate of drug-likeness (QED) is 0.0660. The lowest BCUT2D eigenvalue weighted by Gasteiger charge is -2.28. The van der Waals surface area contributed by atoms with E-state index in [2.05, 4.69) is 12.2 Å². The average molecular weight is 574 g/mol. The summed E-state index contributed by atoms with van der Waals surface area (Å²) in [5.41, 5.74) is 0. The van der Waals surface area contributed by atoms with E-state index in [-0.39, 0.29) is 6.09 Å². The molecule has 0 radical (unpaired) electrons. The van der Waals surface area contributed by atoms with Gasteiger partial charge in [0.15, 0.2) is 0 Å². The number of amides is 1. The molecule has 0 bridgehead atoms. The van der Waals surface area contributed by atoms with E-state index in [1.54, 1.807) is 0 Å². The van der Waals surface area contributed by atoms with Crippen LogP contribution in [0, 0.1) is 0 Å². The number of nitrogens with one attached hydrogen (secondary N) is 1. The van der Waals surface area contributed by atoms with E-state index in [1.807, 2.05) is 20.8 Å². The normalized spacial score (nSPS) is 11.7. The van der Waals surface area contributed by atoms with Gasteiger partial charge in [0.25, 0.3) is 0 Å². The smallest absolute Gasteiger partial charge is 0.450 e. The van der Waals surface area contributed by atoms with Crippen LogP contribution in [0.4, 0.5) is 4.79 Å². The molecule has 0 spiro atoms. The molecule has 0 aromatic carbocycles. The van der Waals surface area contributed by atoms with Gasteiger partial charge in [-0.25, -0.2) is 4.79 Å². The number of rotatable bonds is 31. The van der Waals surface area contributed by atoms with Gasteiger partial charge in [-0.3, -0.25) is 0 Å². The molecule has 0 unspecified atom stereocenters.